The third-order valence-corrected chi connectivity index (χ3v) is 4.40. The van der Waals surface area contributed by atoms with Gasteiger partial charge in [-0.3, -0.25) is 0 Å². The van der Waals surface area contributed by atoms with Crippen molar-refractivity contribution in [3.8, 4) is 0 Å². The summed E-state index contributed by atoms with van der Waals surface area (Å²) in [5, 5.41) is 5.76. The van der Waals surface area contributed by atoms with E-state index in [0.717, 1.165) is 44.1 Å². The molecule has 0 saturated carbocycles. The van der Waals surface area contributed by atoms with E-state index in [0.29, 0.717) is 6.04 Å². The molecule has 0 aliphatic heterocycles. The van der Waals surface area contributed by atoms with Gasteiger partial charge in [-0.05, 0) is 31.2 Å². The van der Waals surface area contributed by atoms with Gasteiger partial charge in [-0.1, -0.05) is 19.4 Å². The number of nitrogens with zero attached hydrogens (tertiary/aromatic N) is 2. The molecule has 1 N–H and O–H groups in total. The van der Waals surface area contributed by atoms with Gasteiger partial charge in [0.1, 0.15) is 0 Å². The number of thiophene rings is 1. The summed E-state index contributed by atoms with van der Waals surface area (Å²) in [5.74, 6) is 0.968. The zero-order valence-corrected chi connectivity index (χ0v) is 13.9. The number of hydrogen-bond donors (Lipinski definition) is 1. The molecule has 5 heteroatoms. The van der Waals surface area contributed by atoms with Crippen LogP contribution in [0, 0.1) is 6.92 Å². The van der Waals surface area contributed by atoms with Crippen molar-refractivity contribution in [2.45, 2.75) is 45.7 Å². The topological polar surface area (TPSA) is 39.1 Å². The van der Waals surface area contributed by atoms with Crippen molar-refractivity contribution < 1.29 is 4.74 Å². The number of aromatic nitrogens is 2. The predicted molar refractivity (Wildman–Crippen MR) is 89.0 cm³/mol. The maximum absolute atomic E-state index is 5.14. The standard InChI is InChI=1S/C16H25N3OS/c1-4-7-14(15-8-5-11-21-15)18-16-17-13(2)12-19(16)9-6-10-20-3/h5,8,11-12,14H,4,6-7,9-10H2,1-3H3,(H,17,18). The summed E-state index contributed by atoms with van der Waals surface area (Å²) in [6.45, 7) is 5.97. The number of aryl methyl sites for hydroxylation is 2. The fraction of sp³-hybridized carbons (Fsp3) is 0.562. The number of hydrogen-bond acceptors (Lipinski definition) is 4. The van der Waals surface area contributed by atoms with Crippen molar-refractivity contribution in [3.63, 3.8) is 0 Å². The number of imidazole rings is 1. The first-order valence-corrected chi connectivity index (χ1v) is 8.45. The molecule has 2 heterocycles. The van der Waals surface area contributed by atoms with Gasteiger partial charge in [0.15, 0.2) is 0 Å². The van der Waals surface area contributed by atoms with Crippen molar-refractivity contribution in [2.75, 3.05) is 19.0 Å². The van der Waals surface area contributed by atoms with Gasteiger partial charge < -0.3 is 14.6 Å². The lowest BCUT2D eigenvalue weighted by molar-refractivity contribution is 0.190. The molecule has 0 radical (unpaired) electrons. The van der Waals surface area contributed by atoms with Gasteiger partial charge >= 0.3 is 0 Å². The monoisotopic (exact) mass is 307 g/mol. The first kappa shape index (κ1) is 16.0. The second kappa shape index (κ2) is 8.20. The predicted octanol–water partition coefficient (Wildman–Crippen LogP) is 4.24. The third-order valence-electron chi connectivity index (χ3n) is 3.41. The van der Waals surface area contributed by atoms with E-state index in [2.05, 4.69) is 45.5 Å². The van der Waals surface area contributed by atoms with Crippen LogP contribution in [0.3, 0.4) is 0 Å². The third kappa shape index (κ3) is 4.58. The number of nitrogens with one attached hydrogen (secondary N) is 1. The van der Waals surface area contributed by atoms with Crippen LogP contribution in [0.15, 0.2) is 23.7 Å². The van der Waals surface area contributed by atoms with Crippen LogP contribution >= 0.6 is 11.3 Å². The van der Waals surface area contributed by atoms with Crippen LogP contribution in [0.25, 0.3) is 0 Å². The molecule has 2 aromatic heterocycles. The van der Waals surface area contributed by atoms with Crippen molar-refractivity contribution in [1.29, 1.82) is 0 Å². The lowest BCUT2D eigenvalue weighted by Crippen LogP contribution is -2.14. The van der Waals surface area contributed by atoms with Crippen molar-refractivity contribution in [2.24, 2.45) is 0 Å². The Morgan fingerprint density at radius 3 is 3.00 bits per heavy atom. The maximum atomic E-state index is 5.14. The zero-order valence-electron chi connectivity index (χ0n) is 13.1. The molecule has 4 nitrogen and oxygen atoms in total. The van der Waals surface area contributed by atoms with Crippen LogP contribution in [0.4, 0.5) is 5.95 Å². The largest absolute Gasteiger partial charge is 0.385 e. The van der Waals surface area contributed by atoms with Gasteiger partial charge in [0.2, 0.25) is 5.95 Å². The maximum Gasteiger partial charge on any atom is 0.203 e. The van der Waals surface area contributed by atoms with E-state index < -0.39 is 0 Å². The summed E-state index contributed by atoms with van der Waals surface area (Å²) in [5.41, 5.74) is 1.05. The molecular weight excluding hydrogens is 282 g/mol. The minimum absolute atomic E-state index is 0.345. The highest BCUT2D eigenvalue weighted by atomic mass is 32.1. The number of rotatable bonds is 9. The van der Waals surface area contributed by atoms with Gasteiger partial charge in [-0.2, -0.15) is 0 Å². The normalized spacial score (nSPS) is 12.5. The zero-order chi connectivity index (χ0) is 15.1. The van der Waals surface area contributed by atoms with Crippen molar-refractivity contribution in [3.05, 3.63) is 34.3 Å². The molecule has 0 aliphatic carbocycles. The Morgan fingerprint density at radius 2 is 2.33 bits per heavy atom. The van der Waals surface area contributed by atoms with E-state index in [1.54, 1.807) is 18.4 Å². The summed E-state index contributed by atoms with van der Waals surface area (Å²) in [4.78, 5) is 6.01. The van der Waals surface area contributed by atoms with E-state index in [4.69, 9.17) is 4.74 Å². The van der Waals surface area contributed by atoms with Crippen molar-refractivity contribution >= 4 is 17.3 Å². The molecule has 1 unspecified atom stereocenters. The summed E-state index contributed by atoms with van der Waals surface area (Å²) in [7, 11) is 1.74. The summed E-state index contributed by atoms with van der Waals surface area (Å²) in [6.07, 6.45) is 5.37. The highest BCUT2D eigenvalue weighted by Crippen LogP contribution is 2.27. The van der Waals surface area contributed by atoms with Crippen LogP contribution in [-0.2, 0) is 11.3 Å². The molecule has 0 amide bonds. The van der Waals surface area contributed by atoms with Crippen LogP contribution in [0.5, 0.6) is 0 Å². The number of anilines is 1. The molecular formula is C16H25N3OS. The van der Waals surface area contributed by atoms with E-state index in [1.807, 2.05) is 6.92 Å². The Balaban J connectivity index is 2.09. The average molecular weight is 307 g/mol. The van der Waals surface area contributed by atoms with Gasteiger partial charge in [0.25, 0.3) is 0 Å². The minimum Gasteiger partial charge on any atom is -0.385 e. The fourth-order valence-corrected chi connectivity index (χ4v) is 3.24. The van der Waals surface area contributed by atoms with Crippen LogP contribution in [0.1, 0.15) is 42.8 Å². The van der Waals surface area contributed by atoms with E-state index in [9.17, 15) is 0 Å². The molecule has 0 bridgehead atoms. The molecule has 21 heavy (non-hydrogen) atoms. The molecule has 0 saturated heterocycles. The molecule has 0 fully saturated rings. The van der Waals surface area contributed by atoms with Crippen LogP contribution < -0.4 is 5.32 Å². The molecule has 1 atom stereocenters. The Kier molecular flexibility index (Phi) is 6.26. The first-order chi connectivity index (χ1) is 10.2. The van der Waals surface area contributed by atoms with Gasteiger partial charge in [0, 0.05) is 31.3 Å². The molecule has 0 aliphatic rings. The Labute approximate surface area is 131 Å². The number of methoxy groups -OCH3 is 1. The summed E-state index contributed by atoms with van der Waals surface area (Å²) < 4.78 is 7.34. The average Bonchev–Trinajstić information content (AvgIpc) is 3.09. The fourth-order valence-electron chi connectivity index (χ4n) is 2.43. The molecule has 2 aromatic rings. The smallest absolute Gasteiger partial charge is 0.203 e. The van der Waals surface area contributed by atoms with Gasteiger partial charge in [0.05, 0.1) is 11.7 Å². The SMILES string of the molecule is CCCC(Nc1nc(C)cn1CCCOC)c1cccs1. The van der Waals surface area contributed by atoms with Crippen LogP contribution in [-0.4, -0.2) is 23.3 Å². The highest BCUT2D eigenvalue weighted by Gasteiger charge is 2.15. The number of ether oxygens (including phenoxy) is 1. The Hall–Kier alpha value is -1.33. The lowest BCUT2D eigenvalue weighted by atomic mass is 10.1. The second-order valence-electron chi connectivity index (χ2n) is 5.25. The molecule has 0 spiro atoms. The lowest BCUT2D eigenvalue weighted by Gasteiger charge is -2.18. The summed E-state index contributed by atoms with van der Waals surface area (Å²) >= 11 is 1.80. The second-order valence-corrected chi connectivity index (χ2v) is 6.23. The van der Waals surface area contributed by atoms with Gasteiger partial charge in [-0.25, -0.2) is 4.98 Å². The van der Waals surface area contributed by atoms with E-state index in [-0.39, 0.29) is 0 Å². The highest BCUT2D eigenvalue weighted by molar-refractivity contribution is 7.10. The summed E-state index contributed by atoms with van der Waals surface area (Å²) in [6, 6.07) is 4.65. The van der Waals surface area contributed by atoms with Crippen molar-refractivity contribution in [1.82, 2.24) is 9.55 Å². The van der Waals surface area contributed by atoms with E-state index in [1.165, 1.54) is 4.88 Å². The first-order valence-electron chi connectivity index (χ1n) is 7.57. The molecule has 0 aromatic carbocycles. The quantitative estimate of drug-likeness (QED) is 0.704. The van der Waals surface area contributed by atoms with Gasteiger partial charge in [-0.15, -0.1) is 11.3 Å². The Bertz CT molecular complexity index is 522. The molecule has 116 valence electrons. The van der Waals surface area contributed by atoms with Crippen LogP contribution in [0.2, 0.25) is 0 Å². The molecule has 2 rings (SSSR count). The van der Waals surface area contributed by atoms with E-state index >= 15 is 0 Å². The minimum atomic E-state index is 0.345. The Morgan fingerprint density at radius 1 is 1.48 bits per heavy atom.